The topological polar surface area (TPSA) is 57.5 Å². The average Bonchev–Trinajstić information content (AvgIpc) is 2.77. The van der Waals surface area contributed by atoms with Gasteiger partial charge in [0.05, 0.1) is 0 Å². The molecule has 0 spiro atoms. The highest BCUT2D eigenvalue weighted by molar-refractivity contribution is 6.14. The van der Waals surface area contributed by atoms with Gasteiger partial charge in [-0.1, -0.05) is 36.4 Å². The van der Waals surface area contributed by atoms with E-state index in [0.717, 1.165) is 63.1 Å². The Kier molecular flexibility index (Phi) is 4.79. The molecule has 152 valence electrons. The summed E-state index contributed by atoms with van der Waals surface area (Å²) in [7, 11) is 0. The summed E-state index contributed by atoms with van der Waals surface area (Å²) < 4.78 is 0. The normalized spacial score (nSPS) is 17.1. The average molecular weight is 406 g/mol. The first-order valence-electron chi connectivity index (χ1n) is 10.5. The highest BCUT2D eigenvalue weighted by atomic mass is 16.3. The number of aromatic hydroxyl groups is 2. The molecule has 3 heteroatoms. The number of carbonyl (C=O) groups excluding carboxylic acids is 1. The third-order valence-corrected chi connectivity index (χ3v) is 5.85. The lowest BCUT2D eigenvalue weighted by atomic mass is 9.86. The first-order chi connectivity index (χ1) is 15.0. The van der Waals surface area contributed by atoms with Crippen molar-refractivity contribution in [1.29, 1.82) is 0 Å². The molecule has 0 radical (unpaired) electrons. The van der Waals surface area contributed by atoms with Crippen LogP contribution in [-0.2, 0) is 4.79 Å². The molecule has 4 aromatic rings. The van der Waals surface area contributed by atoms with Crippen LogP contribution >= 0.6 is 0 Å². The fraction of sp³-hybridized carbons (Fsp3) is 0.107. The molecular weight excluding hydrogens is 384 g/mol. The summed E-state index contributed by atoms with van der Waals surface area (Å²) in [6.45, 7) is 0. The number of phenols is 2. The van der Waals surface area contributed by atoms with Crippen molar-refractivity contribution in [2.75, 3.05) is 0 Å². The number of fused-ring (bicyclic) bond motifs is 2. The Balaban J connectivity index is 1.45. The van der Waals surface area contributed by atoms with Gasteiger partial charge in [-0.2, -0.15) is 0 Å². The largest absolute Gasteiger partial charge is 0.508 e. The van der Waals surface area contributed by atoms with Gasteiger partial charge in [0.2, 0.25) is 0 Å². The number of hydrogen-bond acceptors (Lipinski definition) is 3. The van der Waals surface area contributed by atoms with Crippen molar-refractivity contribution < 1.29 is 15.0 Å². The molecule has 0 amide bonds. The Bertz CT molecular complexity index is 1290. The predicted molar refractivity (Wildman–Crippen MR) is 126 cm³/mol. The Hall–Kier alpha value is -3.85. The van der Waals surface area contributed by atoms with Crippen LogP contribution < -0.4 is 0 Å². The van der Waals surface area contributed by atoms with Crippen molar-refractivity contribution in [2.45, 2.75) is 19.3 Å². The van der Waals surface area contributed by atoms with E-state index < -0.39 is 0 Å². The molecule has 31 heavy (non-hydrogen) atoms. The van der Waals surface area contributed by atoms with Gasteiger partial charge in [0.25, 0.3) is 0 Å². The molecule has 0 unspecified atom stereocenters. The fourth-order valence-corrected chi connectivity index (χ4v) is 4.26. The van der Waals surface area contributed by atoms with E-state index in [1.54, 1.807) is 24.3 Å². The molecular formula is C28H22O3. The van der Waals surface area contributed by atoms with Gasteiger partial charge in [0, 0.05) is 11.1 Å². The Labute approximate surface area is 180 Å². The van der Waals surface area contributed by atoms with Crippen LogP contribution in [0.15, 0.2) is 83.9 Å². The van der Waals surface area contributed by atoms with Gasteiger partial charge >= 0.3 is 0 Å². The predicted octanol–water partition coefficient (Wildman–Crippen LogP) is 6.62. The van der Waals surface area contributed by atoms with Gasteiger partial charge in [-0.15, -0.1) is 0 Å². The van der Waals surface area contributed by atoms with Crippen molar-refractivity contribution in [2.24, 2.45) is 0 Å². The molecule has 0 aliphatic heterocycles. The van der Waals surface area contributed by atoms with E-state index in [4.69, 9.17) is 0 Å². The highest BCUT2D eigenvalue weighted by Crippen LogP contribution is 2.30. The Morgan fingerprint density at radius 1 is 0.581 bits per heavy atom. The summed E-state index contributed by atoms with van der Waals surface area (Å²) in [5.41, 5.74) is 3.66. The molecule has 0 aromatic heterocycles. The van der Waals surface area contributed by atoms with Gasteiger partial charge < -0.3 is 10.2 Å². The van der Waals surface area contributed by atoms with E-state index in [1.807, 2.05) is 60.7 Å². The second kappa shape index (κ2) is 7.77. The lowest BCUT2D eigenvalue weighted by Crippen LogP contribution is -2.12. The molecule has 0 atom stereocenters. The fourth-order valence-electron chi connectivity index (χ4n) is 4.26. The van der Waals surface area contributed by atoms with Gasteiger partial charge in [-0.25, -0.2) is 0 Å². The molecule has 1 aliphatic rings. The summed E-state index contributed by atoms with van der Waals surface area (Å²) in [6.07, 6.45) is 6.49. The minimum absolute atomic E-state index is 0.114. The molecule has 0 heterocycles. The maximum absolute atomic E-state index is 13.1. The molecule has 4 aromatic carbocycles. The van der Waals surface area contributed by atoms with Crippen molar-refractivity contribution in [1.82, 2.24) is 0 Å². The van der Waals surface area contributed by atoms with E-state index in [-0.39, 0.29) is 17.3 Å². The van der Waals surface area contributed by atoms with Crippen LogP contribution in [0.5, 0.6) is 11.5 Å². The number of ketones is 1. The smallest absolute Gasteiger partial charge is 0.185 e. The minimum Gasteiger partial charge on any atom is -0.508 e. The van der Waals surface area contributed by atoms with E-state index in [0.29, 0.717) is 0 Å². The highest BCUT2D eigenvalue weighted by Gasteiger charge is 2.20. The van der Waals surface area contributed by atoms with Crippen LogP contribution in [0.2, 0.25) is 0 Å². The van der Waals surface area contributed by atoms with Crippen molar-refractivity contribution in [3.05, 3.63) is 95.1 Å². The molecule has 1 aliphatic carbocycles. The number of benzene rings is 4. The third-order valence-electron chi connectivity index (χ3n) is 5.85. The quantitative estimate of drug-likeness (QED) is 0.368. The maximum Gasteiger partial charge on any atom is 0.185 e. The van der Waals surface area contributed by atoms with E-state index in [1.165, 1.54) is 0 Å². The van der Waals surface area contributed by atoms with Gasteiger partial charge in [0.1, 0.15) is 11.5 Å². The second-order valence-corrected chi connectivity index (χ2v) is 8.10. The number of carbonyl (C=O) groups is 1. The number of allylic oxidation sites excluding steroid dienone is 2. The third kappa shape index (κ3) is 3.95. The standard InChI is InChI=1S/C28H22O3/c29-26-10-8-20-12-18(4-6-22(20)16-26)14-24-2-1-3-25(28(24)31)15-19-5-7-23-17-27(30)11-9-21(23)13-19/h4-17,29-30H,1-3H2. The number of rotatable bonds is 2. The Morgan fingerprint density at radius 3 is 1.48 bits per heavy atom. The van der Waals surface area contributed by atoms with Gasteiger partial charge in [0.15, 0.2) is 5.78 Å². The molecule has 3 nitrogen and oxygen atoms in total. The van der Waals surface area contributed by atoms with E-state index in [9.17, 15) is 15.0 Å². The molecule has 0 saturated heterocycles. The number of phenolic OH excluding ortho intramolecular Hbond substituents is 2. The number of hydrogen-bond donors (Lipinski definition) is 2. The summed E-state index contributed by atoms with van der Waals surface area (Å²) in [5, 5.41) is 23.3. The zero-order valence-corrected chi connectivity index (χ0v) is 17.0. The minimum atomic E-state index is 0.114. The molecule has 5 rings (SSSR count). The summed E-state index contributed by atoms with van der Waals surface area (Å²) in [6, 6.07) is 22.6. The maximum atomic E-state index is 13.1. The molecule has 2 N–H and O–H groups in total. The van der Waals surface area contributed by atoms with E-state index >= 15 is 0 Å². The Morgan fingerprint density at radius 2 is 1.00 bits per heavy atom. The van der Waals surface area contributed by atoms with Crippen LogP contribution in [0.4, 0.5) is 0 Å². The first-order valence-corrected chi connectivity index (χ1v) is 10.5. The van der Waals surface area contributed by atoms with Gasteiger partial charge in [-0.3, -0.25) is 4.79 Å². The van der Waals surface area contributed by atoms with Crippen LogP contribution in [0.25, 0.3) is 33.7 Å². The number of Topliss-reactive ketones (excluding diaryl/α,β-unsaturated/α-hetero) is 1. The summed E-state index contributed by atoms with van der Waals surface area (Å²) in [5.74, 6) is 0.616. The van der Waals surface area contributed by atoms with E-state index in [2.05, 4.69) is 0 Å². The van der Waals surface area contributed by atoms with Crippen LogP contribution in [0.3, 0.4) is 0 Å². The molecule has 1 fully saturated rings. The van der Waals surface area contributed by atoms with Crippen LogP contribution in [-0.4, -0.2) is 16.0 Å². The zero-order valence-electron chi connectivity index (χ0n) is 17.0. The first kappa shape index (κ1) is 19.1. The summed E-state index contributed by atoms with van der Waals surface area (Å²) in [4.78, 5) is 13.1. The molecule has 0 bridgehead atoms. The van der Waals surface area contributed by atoms with Crippen LogP contribution in [0, 0.1) is 0 Å². The second-order valence-electron chi connectivity index (χ2n) is 8.10. The van der Waals surface area contributed by atoms with Crippen molar-refractivity contribution in [3.63, 3.8) is 0 Å². The van der Waals surface area contributed by atoms with Gasteiger partial charge in [-0.05, 0) is 100 Å². The SMILES string of the molecule is O=C1C(=Cc2ccc3cc(O)ccc3c2)CCCC1=Cc1ccc2cc(O)ccc2c1. The lowest BCUT2D eigenvalue weighted by Gasteiger charge is -2.17. The summed E-state index contributed by atoms with van der Waals surface area (Å²) >= 11 is 0. The van der Waals surface area contributed by atoms with Crippen molar-refractivity contribution >= 4 is 39.5 Å². The van der Waals surface area contributed by atoms with Crippen LogP contribution in [0.1, 0.15) is 30.4 Å². The zero-order chi connectivity index (χ0) is 21.4. The van der Waals surface area contributed by atoms with Crippen molar-refractivity contribution in [3.8, 4) is 11.5 Å². The molecule has 1 saturated carbocycles. The lowest BCUT2D eigenvalue weighted by molar-refractivity contribution is -0.112. The monoisotopic (exact) mass is 406 g/mol.